The van der Waals surface area contributed by atoms with Crippen LogP contribution in [-0.4, -0.2) is 18.5 Å². The Morgan fingerprint density at radius 2 is 1.95 bits per heavy atom. The molecule has 0 heterocycles. The van der Waals surface area contributed by atoms with Crippen LogP contribution >= 0.6 is 0 Å². The van der Waals surface area contributed by atoms with Gasteiger partial charge in [-0.3, -0.25) is 4.79 Å². The van der Waals surface area contributed by atoms with E-state index in [0.29, 0.717) is 30.3 Å². The van der Waals surface area contributed by atoms with Gasteiger partial charge in [0, 0.05) is 12.6 Å². The highest BCUT2D eigenvalue weighted by atomic mass is 16.2. The van der Waals surface area contributed by atoms with Crippen LogP contribution in [0.3, 0.4) is 0 Å². The van der Waals surface area contributed by atoms with Crippen molar-refractivity contribution in [3.05, 3.63) is 0 Å². The molecular weight excluding hydrogens is 236 g/mol. The number of carbonyl (C=O) groups excluding carboxylic acids is 1. The van der Waals surface area contributed by atoms with E-state index in [1.54, 1.807) is 0 Å². The summed E-state index contributed by atoms with van der Waals surface area (Å²) >= 11 is 0. The second-order valence-electron chi connectivity index (χ2n) is 7.27. The predicted molar refractivity (Wildman–Crippen MR) is 78.6 cm³/mol. The first kappa shape index (κ1) is 14.8. The first-order chi connectivity index (χ1) is 8.98. The highest BCUT2D eigenvalue weighted by Gasteiger charge is 2.48. The molecule has 3 N–H and O–H groups in total. The second-order valence-corrected chi connectivity index (χ2v) is 7.27. The maximum Gasteiger partial charge on any atom is 0.227 e. The van der Waals surface area contributed by atoms with Gasteiger partial charge in [0.05, 0.1) is 5.41 Å². The molecule has 2 atom stereocenters. The monoisotopic (exact) mass is 266 g/mol. The Balaban J connectivity index is 1.97. The molecule has 3 nitrogen and oxygen atoms in total. The molecule has 0 aromatic carbocycles. The van der Waals surface area contributed by atoms with Crippen molar-refractivity contribution in [2.45, 2.75) is 65.3 Å². The summed E-state index contributed by atoms with van der Waals surface area (Å²) in [6.45, 7) is 7.26. The zero-order valence-corrected chi connectivity index (χ0v) is 12.7. The van der Waals surface area contributed by atoms with Gasteiger partial charge in [0.15, 0.2) is 0 Å². The van der Waals surface area contributed by atoms with E-state index in [9.17, 15) is 4.79 Å². The van der Waals surface area contributed by atoms with Crippen LogP contribution in [0, 0.1) is 23.2 Å². The summed E-state index contributed by atoms with van der Waals surface area (Å²) in [6, 6.07) is 0.376. The smallest absolute Gasteiger partial charge is 0.227 e. The van der Waals surface area contributed by atoms with Crippen LogP contribution in [-0.2, 0) is 4.79 Å². The van der Waals surface area contributed by atoms with E-state index in [2.05, 4.69) is 26.1 Å². The lowest BCUT2D eigenvalue weighted by Crippen LogP contribution is -2.57. The maximum absolute atomic E-state index is 12.6. The number of hydrogen-bond donors (Lipinski definition) is 2. The van der Waals surface area contributed by atoms with Gasteiger partial charge >= 0.3 is 0 Å². The number of hydrogen-bond acceptors (Lipinski definition) is 2. The molecule has 0 bridgehead atoms. The number of rotatable bonds is 4. The van der Waals surface area contributed by atoms with Gasteiger partial charge in [-0.2, -0.15) is 0 Å². The van der Waals surface area contributed by atoms with Gasteiger partial charge in [-0.25, -0.2) is 0 Å². The molecule has 2 rings (SSSR count). The molecule has 0 aliphatic heterocycles. The molecule has 2 saturated carbocycles. The van der Waals surface area contributed by atoms with Crippen molar-refractivity contribution in [3.8, 4) is 0 Å². The Morgan fingerprint density at radius 1 is 1.32 bits per heavy atom. The lowest BCUT2D eigenvalue weighted by Gasteiger charge is -2.46. The Kier molecular flexibility index (Phi) is 4.54. The first-order valence-electron chi connectivity index (χ1n) is 7.99. The summed E-state index contributed by atoms with van der Waals surface area (Å²) in [5.74, 6) is 2.18. The van der Waals surface area contributed by atoms with Crippen LogP contribution in [0.4, 0.5) is 0 Å². The van der Waals surface area contributed by atoms with Crippen molar-refractivity contribution in [1.29, 1.82) is 0 Å². The van der Waals surface area contributed by atoms with E-state index in [0.717, 1.165) is 19.3 Å². The van der Waals surface area contributed by atoms with E-state index in [-0.39, 0.29) is 11.3 Å². The molecular formula is C16H30N2O. The van der Waals surface area contributed by atoms with Crippen LogP contribution in [0.25, 0.3) is 0 Å². The average molecular weight is 266 g/mol. The molecule has 0 radical (unpaired) electrons. The number of carbonyl (C=O) groups is 1. The van der Waals surface area contributed by atoms with Gasteiger partial charge < -0.3 is 11.1 Å². The lowest BCUT2D eigenvalue weighted by atomic mass is 9.62. The maximum atomic E-state index is 12.6. The van der Waals surface area contributed by atoms with Gasteiger partial charge in [-0.15, -0.1) is 0 Å². The summed E-state index contributed by atoms with van der Waals surface area (Å²) in [5.41, 5.74) is 5.62. The third-order valence-electron chi connectivity index (χ3n) is 5.34. The first-order valence-corrected chi connectivity index (χ1v) is 7.99. The minimum absolute atomic E-state index is 0.227. The van der Waals surface area contributed by atoms with Crippen LogP contribution in [0.15, 0.2) is 0 Å². The predicted octanol–water partition coefficient (Wildman–Crippen LogP) is 2.69. The molecule has 0 aromatic rings. The number of amides is 1. The molecule has 0 aromatic heterocycles. The molecule has 110 valence electrons. The highest BCUT2D eigenvalue weighted by Crippen LogP contribution is 2.45. The standard InChI is InChI=1S/C16H30N2O/c1-11(2)13-6-4-5-7-14(13)18-15(19)16(10-17)8-12(3)9-16/h11-14H,4-10,17H2,1-3H3,(H,18,19). The van der Waals surface area contributed by atoms with Crippen molar-refractivity contribution >= 4 is 5.91 Å². The Bertz CT molecular complexity index is 321. The molecule has 2 unspecified atom stereocenters. The Morgan fingerprint density at radius 3 is 2.47 bits per heavy atom. The molecule has 2 fully saturated rings. The van der Waals surface area contributed by atoms with Crippen molar-refractivity contribution in [2.75, 3.05) is 6.54 Å². The zero-order valence-electron chi connectivity index (χ0n) is 12.7. The van der Waals surface area contributed by atoms with E-state index >= 15 is 0 Å². The van der Waals surface area contributed by atoms with Crippen molar-refractivity contribution in [2.24, 2.45) is 28.9 Å². The lowest BCUT2D eigenvalue weighted by molar-refractivity contribution is -0.139. The van der Waals surface area contributed by atoms with Crippen LogP contribution < -0.4 is 11.1 Å². The van der Waals surface area contributed by atoms with Gasteiger partial charge in [0.25, 0.3) is 0 Å². The van der Waals surface area contributed by atoms with Crippen molar-refractivity contribution < 1.29 is 4.79 Å². The molecule has 19 heavy (non-hydrogen) atoms. The Labute approximate surface area is 117 Å². The summed E-state index contributed by atoms with van der Waals surface area (Å²) in [4.78, 5) is 12.6. The molecule has 1 amide bonds. The van der Waals surface area contributed by atoms with Gasteiger partial charge in [-0.05, 0) is 43.4 Å². The van der Waals surface area contributed by atoms with Crippen molar-refractivity contribution in [1.82, 2.24) is 5.32 Å². The van der Waals surface area contributed by atoms with Crippen molar-refractivity contribution in [3.63, 3.8) is 0 Å². The summed E-state index contributed by atoms with van der Waals surface area (Å²) in [5, 5.41) is 3.35. The van der Waals surface area contributed by atoms with Crippen LogP contribution in [0.5, 0.6) is 0 Å². The van der Waals surface area contributed by atoms with Gasteiger partial charge in [0.1, 0.15) is 0 Å². The van der Waals surface area contributed by atoms with Crippen LogP contribution in [0.2, 0.25) is 0 Å². The molecule has 0 spiro atoms. The normalized spacial score (nSPS) is 38.9. The number of nitrogens with one attached hydrogen (secondary N) is 1. The topological polar surface area (TPSA) is 55.1 Å². The summed E-state index contributed by atoms with van der Waals surface area (Å²) in [7, 11) is 0. The van der Waals surface area contributed by atoms with E-state index in [1.807, 2.05) is 0 Å². The Hall–Kier alpha value is -0.570. The fourth-order valence-electron chi connectivity index (χ4n) is 4.18. The fourth-order valence-corrected chi connectivity index (χ4v) is 4.18. The van der Waals surface area contributed by atoms with Crippen LogP contribution in [0.1, 0.15) is 59.3 Å². The third kappa shape index (κ3) is 2.96. The average Bonchev–Trinajstić information content (AvgIpc) is 2.35. The molecule has 3 heteroatoms. The fraction of sp³-hybridized carbons (Fsp3) is 0.938. The quantitative estimate of drug-likeness (QED) is 0.822. The number of nitrogens with two attached hydrogens (primary N) is 1. The van der Waals surface area contributed by atoms with Gasteiger partial charge in [0.2, 0.25) is 5.91 Å². The van der Waals surface area contributed by atoms with E-state index in [1.165, 1.54) is 19.3 Å². The molecule has 2 aliphatic rings. The largest absolute Gasteiger partial charge is 0.353 e. The summed E-state index contributed by atoms with van der Waals surface area (Å²) in [6.07, 6.45) is 6.90. The van der Waals surface area contributed by atoms with Gasteiger partial charge in [-0.1, -0.05) is 33.6 Å². The summed E-state index contributed by atoms with van der Waals surface area (Å²) < 4.78 is 0. The second kappa shape index (κ2) is 5.82. The molecule has 2 aliphatic carbocycles. The minimum Gasteiger partial charge on any atom is -0.353 e. The SMILES string of the molecule is CC1CC(CN)(C(=O)NC2CCCCC2C(C)C)C1. The van der Waals surface area contributed by atoms with E-state index < -0.39 is 0 Å². The molecule has 0 saturated heterocycles. The third-order valence-corrected chi connectivity index (χ3v) is 5.34. The minimum atomic E-state index is -0.252. The highest BCUT2D eigenvalue weighted by molar-refractivity contribution is 5.84. The zero-order chi connectivity index (χ0) is 14.0. The van der Waals surface area contributed by atoms with E-state index in [4.69, 9.17) is 5.73 Å².